The quantitative estimate of drug-likeness (QED) is 0.866. The zero-order valence-electron chi connectivity index (χ0n) is 14.8. The average Bonchev–Trinajstić information content (AvgIpc) is 2.58. The van der Waals surface area contributed by atoms with Crippen LogP contribution < -0.4 is 10.1 Å². The molecule has 2 N–H and O–H groups in total. The second kappa shape index (κ2) is 9.52. The number of methoxy groups -OCH3 is 1. The highest BCUT2D eigenvalue weighted by Gasteiger charge is 2.23. The van der Waals surface area contributed by atoms with Crippen molar-refractivity contribution in [3.05, 3.63) is 29.8 Å². The van der Waals surface area contributed by atoms with Gasteiger partial charge in [0.05, 0.1) is 19.8 Å². The Labute approximate surface area is 145 Å². The van der Waals surface area contributed by atoms with Crippen LogP contribution in [0.25, 0.3) is 0 Å². The van der Waals surface area contributed by atoms with E-state index in [0.29, 0.717) is 0 Å². The Balaban J connectivity index is 1.97. The molecule has 5 nitrogen and oxygen atoms in total. The number of aliphatic hydroxyl groups excluding tert-OH is 1. The Morgan fingerprint density at radius 3 is 2.33 bits per heavy atom. The van der Waals surface area contributed by atoms with Gasteiger partial charge in [0.2, 0.25) is 0 Å². The highest BCUT2D eigenvalue weighted by molar-refractivity contribution is 5.74. The van der Waals surface area contributed by atoms with Crippen molar-refractivity contribution in [1.29, 1.82) is 0 Å². The van der Waals surface area contributed by atoms with E-state index in [0.717, 1.165) is 24.2 Å². The van der Waals surface area contributed by atoms with Gasteiger partial charge in [-0.15, -0.1) is 0 Å². The lowest BCUT2D eigenvalue weighted by Gasteiger charge is -2.30. The Morgan fingerprint density at radius 2 is 1.79 bits per heavy atom. The van der Waals surface area contributed by atoms with Crippen molar-refractivity contribution in [2.45, 2.75) is 57.0 Å². The Morgan fingerprint density at radius 1 is 1.21 bits per heavy atom. The third kappa shape index (κ3) is 5.13. The van der Waals surface area contributed by atoms with Crippen LogP contribution in [0.2, 0.25) is 0 Å². The first-order chi connectivity index (χ1) is 11.7. The van der Waals surface area contributed by atoms with Crippen molar-refractivity contribution in [3.63, 3.8) is 0 Å². The third-order valence-corrected chi connectivity index (χ3v) is 4.89. The van der Waals surface area contributed by atoms with Crippen LogP contribution in [0.1, 0.15) is 56.6 Å². The largest absolute Gasteiger partial charge is 0.497 e. The molecule has 2 rings (SSSR count). The standard InChI is InChI=1S/C19H30N2O3/c1-21(18(14-22)15-10-12-17(24-2)13-11-15)19(23)20-16-8-6-4-3-5-7-9-16/h10-13,16,18,22H,3-9,14H2,1-2H3,(H,20,23). The Bertz CT molecular complexity index is 496. The number of urea groups is 1. The van der Waals surface area contributed by atoms with E-state index >= 15 is 0 Å². The molecule has 1 aliphatic carbocycles. The van der Waals surface area contributed by atoms with Gasteiger partial charge in [-0.1, -0.05) is 44.2 Å². The maximum Gasteiger partial charge on any atom is 0.317 e. The second-order valence-corrected chi connectivity index (χ2v) is 6.57. The maximum atomic E-state index is 12.6. The summed E-state index contributed by atoms with van der Waals surface area (Å²) in [7, 11) is 3.36. The molecule has 1 aliphatic rings. The fraction of sp³-hybridized carbons (Fsp3) is 0.632. The SMILES string of the molecule is COc1ccc(C(CO)N(C)C(=O)NC2CCCCCCC2)cc1. The average molecular weight is 334 g/mol. The fourth-order valence-electron chi connectivity index (χ4n) is 3.30. The van der Waals surface area contributed by atoms with E-state index in [1.54, 1.807) is 19.1 Å². The molecule has 0 spiro atoms. The van der Waals surface area contributed by atoms with Gasteiger partial charge in [0, 0.05) is 13.1 Å². The van der Waals surface area contributed by atoms with Crippen molar-refractivity contribution in [3.8, 4) is 5.75 Å². The van der Waals surface area contributed by atoms with Crippen LogP contribution in [0.4, 0.5) is 4.79 Å². The third-order valence-electron chi connectivity index (χ3n) is 4.89. The van der Waals surface area contributed by atoms with Gasteiger partial charge in [-0.05, 0) is 30.5 Å². The van der Waals surface area contributed by atoms with Crippen molar-refractivity contribution in [2.24, 2.45) is 0 Å². The van der Waals surface area contributed by atoms with E-state index in [9.17, 15) is 9.90 Å². The number of nitrogens with one attached hydrogen (secondary N) is 1. The van der Waals surface area contributed by atoms with Crippen LogP contribution in [0.5, 0.6) is 5.75 Å². The number of hydrogen-bond donors (Lipinski definition) is 2. The Kier molecular flexibility index (Phi) is 7.37. The summed E-state index contributed by atoms with van der Waals surface area (Å²) >= 11 is 0. The second-order valence-electron chi connectivity index (χ2n) is 6.57. The highest BCUT2D eigenvalue weighted by Crippen LogP contribution is 2.23. The van der Waals surface area contributed by atoms with E-state index in [4.69, 9.17) is 4.74 Å². The summed E-state index contributed by atoms with van der Waals surface area (Å²) in [5, 5.41) is 12.9. The molecule has 1 atom stereocenters. The van der Waals surface area contributed by atoms with Gasteiger partial charge in [0.1, 0.15) is 5.75 Å². The smallest absolute Gasteiger partial charge is 0.317 e. The molecule has 0 heterocycles. The number of aliphatic hydroxyl groups is 1. The summed E-state index contributed by atoms with van der Waals surface area (Å²) < 4.78 is 5.16. The minimum atomic E-state index is -0.357. The summed E-state index contributed by atoms with van der Waals surface area (Å²) in [5.74, 6) is 0.761. The van der Waals surface area contributed by atoms with Gasteiger partial charge in [-0.2, -0.15) is 0 Å². The number of amides is 2. The monoisotopic (exact) mass is 334 g/mol. The first-order valence-corrected chi connectivity index (χ1v) is 8.94. The molecule has 24 heavy (non-hydrogen) atoms. The normalized spacial score (nSPS) is 17.5. The van der Waals surface area contributed by atoms with Gasteiger partial charge in [-0.3, -0.25) is 0 Å². The summed E-state index contributed by atoms with van der Waals surface area (Å²) in [5.41, 5.74) is 0.897. The van der Waals surface area contributed by atoms with Crippen LogP contribution in [0.3, 0.4) is 0 Å². The predicted octanol–water partition coefficient (Wildman–Crippen LogP) is 3.48. The lowest BCUT2D eigenvalue weighted by Crippen LogP contribution is -2.45. The molecule has 1 saturated carbocycles. The summed E-state index contributed by atoms with van der Waals surface area (Å²) in [6, 6.07) is 7.24. The molecule has 0 aliphatic heterocycles. The molecule has 1 aromatic carbocycles. The number of hydrogen-bond acceptors (Lipinski definition) is 3. The van der Waals surface area contributed by atoms with Gasteiger partial charge in [0.25, 0.3) is 0 Å². The molecule has 0 radical (unpaired) electrons. The summed E-state index contributed by atoms with van der Waals surface area (Å²) in [4.78, 5) is 14.2. The number of carbonyl (C=O) groups excluding carboxylic acids is 1. The van der Waals surface area contributed by atoms with E-state index in [1.807, 2.05) is 24.3 Å². The number of carbonyl (C=O) groups is 1. The van der Waals surface area contributed by atoms with Gasteiger partial charge in [0.15, 0.2) is 0 Å². The van der Waals surface area contributed by atoms with Crippen LogP contribution in [0, 0.1) is 0 Å². The minimum absolute atomic E-state index is 0.110. The van der Waals surface area contributed by atoms with Gasteiger partial charge in [-0.25, -0.2) is 4.79 Å². The zero-order valence-corrected chi connectivity index (χ0v) is 14.8. The number of benzene rings is 1. The van der Waals surface area contributed by atoms with Crippen LogP contribution in [0.15, 0.2) is 24.3 Å². The molecule has 2 amide bonds. The summed E-state index contributed by atoms with van der Waals surface area (Å²) in [6.45, 7) is -0.110. The lowest BCUT2D eigenvalue weighted by molar-refractivity contribution is 0.146. The highest BCUT2D eigenvalue weighted by atomic mass is 16.5. The molecule has 1 unspecified atom stereocenters. The number of nitrogens with zero attached hydrogens (tertiary/aromatic N) is 1. The first kappa shape index (κ1) is 18.6. The van der Waals surface area contributed by atoms with Gasteiger partial charge < -0.3 is 20.1 Å². The fourth-order valence-corrected chi connectivity index (χ4v) is 3.30. The zero-order chi connectivity index (χ0) is 17.4. The lowest BCUT2D eigenvalue weighted by atomic mass is 9.97. The van der Waals surface area contributed by atoms with Crippen LogP contribution >= 0.6 is 0 Å². The predicted molar refractivity (Wildman–Crippen MR) is 95.2 cm³/mol. The van der Waals surface area contributed by atoms with Crippen molar-refractivity contribution in [2.75, 3.05) is 20.8 Å². The molecule has 5 heteroatoms. The molecule has 1 aromatic rings. The number of likely N-dealkylation sites (N-methyl/N-ethyl adjacent to an activating group) is 1. The number of ether oxygens (including phenoxy) is 1. The van der Waals surface area contributed by atoms with Crippen molar-refractivity contribution < 1.29 is 14.6 Å². The van der Waals surface area contributed by atoms with E-state index in [2.05, 4.69) is 5.32 Å². The number of rotatable bonds is 5. The van der Waals surface area contributed by atoms with Crippen LogP contribution in [-0.4, -0.2) is 42.8 Å². The molecule has 0 saturated heterocycles. The molecule has 0 aromatic heterocycles. The van der Waals surface area contributed by atoms with Crippen molar-refractivity contribution in [1.82, 2.24) is 10.2 Å². The van der Waals surface area contributed by atoms with E-state index in [-0.39, 0.29) is 24.7 Å². The molecular formula is C19H30N2O3. The molecular weight excluding hydrogens is 304 g/mol. The first-order valence-electron chi connectivity index (χ1n) is 8.94. The molecule has 134 valence electrons. The summed E-state index contributed by atoms with van der Waals surface area (Å²) in [6.07, 6.45) is 8.27. The molecule has 0 bridgehead atoms. The maximum absolute atomic E-state index is 12.6. The van der Waals surface area contributed by atoms with Gasteiger partial charge >= 0.3 is 6.03 Å². The molecule has 1 fully saturated rings. The van der Waals surface area contributed by atoms with Crippen molar-refractivity contribution >= 4 is 6.03 Å². The minimum Gasteiger partial charge on any atom is -0.497 e. The van der Waals surface area contributed by atoms with E-state index in [1.165, 1.54) is 32.1 Å². The van der Waals surface area contributed by atoms with Crippen LogP contribution in [-0.2, 0) is 0 Å². The van der Waals surface area contributed by atoms with E-state index < -0.39 is 0 Å². The Hall–Kier alpha value is -1.75. The topological polar surface area (TPSA) is 61.8 Å².